The lowest BCUT2D eigenvalue weighted by atomic mass is 9.87. The number of aromatic nitrogens is 2. The van der Waals surface area contributed by atoms with Gasteiger partial charge in [0, 0.05) is 7.05 Å². The summed E-state index contributed by atoms with van der Waals surface area (Å²) in [6, 6.07) is 6.07. The molecule has 0 aliphatic rings. The summed E-state index contributed by atoms with van der Waals surface area (Å²) >= 11 is 0. The molecule has 1 heterocycles. The molecule has 0 fully saturated rings. The Balaban J connectivity index is 2.75. The summed E-state index contributed by atoms with van der Waals surface area (Å²) in [5, 5.41) is 0. The molecule has 0 saturated carbocycles. The summed E-state index contributed by atoms with van der Waals surface area (Å²) in [5.74, 6) is 0. The van der Waals surface area contributed by atoms with Crippen molar-refractivity contribution in [2.75, 3.05) is 0 Å². The fraction of sp³-hybridized carbons (Fsp3) is 0.385. The topological polar surface area (TPSA) is 34.9 Å². The zero-order chi connectivity index (χ0) is 11.9. The van der Waals surface area contributed by atoms with Crippen LogP contribution < -0.4 is 5.56 Å². The Morgan fingerprint density at radius 2 is 1.94 bits per heavy atom. The molecule has 0 radical (unpaired) electrons. The zero-order valence-electron chi connectivity index (χ0n) is 10.1. The third-order valence-corrected chi connectivity index (χ3v) is 2.85. The second-order valence-corrected chi connectivity index (χ2v) is 5.11. The van der Waals surface area contributed by atoms with Crippen molar-refractivity contribution < 1.29 is 0 Å². The number of hydrogen-bond donors (Lipinski definition) is 0. The third-order valence-electron chi connectivity index (χ3n) is 2.85. The summed E-state index contributed by atoms with van der Waals surface area (Å²) in [7, 11) is 1.77. The fourth-order valence-corrected chi connectivity index (χ4v) is 1.71. The van der Waals surface area contributed by atoms with Crippen LogP contribution in [0.4, 0.5) is 0 Å². The van der Waals surface area contributed by atoms with Crippen LogP contribution in [-0.2, 0) is 12.5 Å². The molecule has 1 aromatic heterocycles. The Labute approximate surface area is 94.7 Å². The minimum atomic E-state index is -0.0731. The lowest BCUT2D eigenvalue weighted by Gasteiger charge is -2.19. The highest BCUT2D eigenvalue weighted by molar-refractivity contribution is 5.75. The maximum absolute atomic E-state index is 11.4. The molecule has 0 aliphatic heterocycles. The molecule has 0 bridgehead atoms. The molecule has 2 aromatic rings. The summed E-state index contributed by atoms with van der Waals surface area (Å²) in [6.07, 6.45) is 1.37. The van der Waals surface area contributed by atoms with Crippen molar-refractivity contribution in [3.63, 3.8) is 0 Å². The molecule has 2 rings (SSSR count). The van der Waals surface area contributed by atoms with Crippen LogP contribution in [0.1, 0.15) is 26.3 Å². The van der Waals surface area contributed by atoms with Crippen LogP contribution in [0.25, 0.3) is 11.0 Å². The van der Waals surface area contributed by atoms with Crippen molar-refractivity contribution >= 4 is 11.0 Å². The average molecular weight is 216 g/mol. The van der Waals surface area contributed by atoms with Crippen molar-refractivity contribution in [1.82, 2.24) is 9.55 Å². The van der Waals surface area contributed by atoms with E-state index in [-0.39, 0.29) is 11.0 Å². The fourth-order valence-electron chi connectivity index (χ4n) is 1.71. The summed E-state index contributed by atoms with van der Waals surface area (Å²) < 4.78 is 1.62. The highest BCUT2D eigenvalue weighted by Gasteiger charge is 2.14. The van der Waals surface area contributed by atoms with Gasteiger partial charge in [0.2, 0.25) is 0 Å². The van der Waals surface area contributed by atoms with E-state index >= 15 is 0 Å². The van der Waals surface area contributed by atoms with Crippen molar-refractivity contribution in [3.05, 3.63) is 40.3 Å². The van der Waals surface area contributed by atoms with Crippen LogP contribution in [0, 0.1) is 0 Å². The molecule has 0 saturated heterocycles. The second-order valence-electron chi connectivity index (χ2n) is 5.11. The molecule has 0 aliphatic carbocycles. The quantitative estimate of drug-likeness (QED) is 0.677. The Bertz CT molecular complexity index is 591. The monoisotopic (exact) mass is 216 g/mol. The average Bonchev–Trinajstić information content (AvgIpc) is 2.22. The molecule has 1 aromatic carbocycles. The third kappa shape index (κ3) is 1.73. The molecule has 16 heavy (non-hydrogen) atoms. The molecule has 84 valence electrons. The van der Waals surface area contributed by atoms with E-state index < -0.39 is 0 Å². The van der Waals surface area contributed by atoms with Crippen LogP contribution in [0.5, 0.6) is 0 Å². The summed E-state index contributed by atoms with van der Waals surface area (Å²) in [6.45, 7) is 6.49. The Morgan fingerprint density at radius 3 is 2.56 bits per heavy atom. The molecule has 0 atom stereocenters. The van der Waals surface area contributed by atoms with Gasteiger partial charge in [0.25, 0.3) is 5.56 Å². The van der Waals surface area contributed by atoms with Crippen LogP contribution >= 0.6 is 0 Å². The standard InChI is InChI=1S/C13H16N2O/c1-13(2,3)9-5-6-11-10(7-9)14-8-12(16)15(11)4/h5-8H,1-4H3. The molecule has 3 nitrogen and oxygen atoms in total. The minimum Gasteiger partial charge on any atom is -0.309 e. The molecule has 0 spiro atoms. The highest BCUT2D eigenvalue weighted by atomic mass is 16.1. The maximum Gasteiger partial charge on any atom is 0.269 e. The Morgan fingerprint density at radius 1 is 1.25 bits per heavy atom. The SMILES string of the molecule is Cn1c(=O)cnc2cc(C(C)(C)C)ccc21. The first-order valence-corrected chi connectivity index (χ1v) is 5.36. The van der Waals surface area contributed by atoms with E-state index in [1.54, 1.807) is 11.6 Å². The normalized spacial score (nSPS) is 12.0. The number of nitrogens with zero attached hydrogens (tertiary/aromatic N) is 2. The second kappa shape index (κ2) is 3.44. The predicted octanol–water partition coefficient (Wildman–Crippen LogP) is 2.23. The van der Waals surface area contributed by atoms with Gasteiger partial charge in [-0.3, -0.25) is 4.79 Å². The number of hydrogen-bond acceptors (Lipinski definition) is 2. The van der Waals surface area contributed by atoms with Gasteiger partial charge in [0.1, 0.15) is 0 Å². The maximum atomic E-state index is 11.4. The van der Waals surface area contributed by atoms with Gasteiger partial charge >= 0.3 is 0 Å². The number of fused-ring (bicyclic) bond motifs is 1. The van der Waals surface area contributed by atoms with Crippen molar-refractivity contribution in [3.8, 4) is 0 Å². The van der Waals surface area contributed by atoms with E-state index in [0.29, 0.717) is 0 Å². The van der Waals surface area contributed by atoms with E-state index in [0.717, 1.165) is 11.0 Å². The van der Waals surface area contributed by atoms with Gasteiger partial charge in [0.05, 0.1) is 17.2 Å². The van der Waals surface area contributed by atoms with Crippen LogP contribution in [-0.4, -0.2) is 9.55 Å². The molecular weight excluding hydrogens is 200 g/mol. The van der Waals surface area contributed by atoms with E-state index in [9.17, 15) is 4.79 Å². The molecular formula is C13H16N2O. The van der Waals surface area contributed by atoms with E-state index in [4.69, 9.17) is 0 Å². The van der Waals surface area contributed by atoms with Crippen molar-refractivity contribution in [2.45, 2.75) is 26.2 Å². The van der Waals surface area contributed by atoms with Crippen LogP contribution in [0.2, 0.25) is 0 Å². The van der Waals surface area contributed by atoms with Gasteiger partial charge in [-0.15, -0.1) is 0 Å². The molecule has 0 N–H and O–H groups in total. The zero-order valence-corrected chi connectivity index (χ0v) is 10.1. The smallest absolute Gasteiger partial charge is 0.269 e. The largest absolute Gasteiger partial charge is 0.309 e. The van der Waals surface area contributed by atoms with Crippen molar-refractivity contribution in [2.24, 2.45) is 7.05 Å². The Hall–Kier alpha value is -1.64. The van der Waals surface area contributed by atoms with E-state index in [2.05, 4.69) is 37.9 Å². The molecule has 0 amide bonds. The number of rotatable bonds is 0. The summed E-state index contributed by atoms with van der Waals surface area (Å²) in [4.78, 5) is 15.6. The molecule has 3 heteroatoms. The highest BCUT2D eigenvalue weighted by Crippen LogP contribution is 2.24. The van der Waals surface area contributed by atoms with Gasteiger partial charge in [-0.1, -0.05) is 26.8 Å². The predicted molar refractivity (Wildman–Crippen MR) is 65.7 cm³/mol. The van der Waals surface area contributed by atoms with Crippen molar-refractivity contribution in [1.29, 1.82) is 0 Å². The first-order valence-electron chi connectivity index (χ1n) is 5.36. The lowest BCUT2D eigenvalue weighted by molar-refractivity contribution is 0.591. The van der Waals surface area contributed by atoms with Gasteiger partial charge < -0.3 is 4.57 Å². The van der Waals surface area contributed by atoms with Crippen LogP contribution in [0.15, 0.2) is 29.2 Å². The number of benzene rings is 1. The van der Waals surface area contributed by atoms with Crippen LogP contribution in [0.3, 0.4) is 0 Å². The van der Waals surface area contributed by atoms with Gasteiger partial charge in [0.15, 0.2) is 0 Å². The van der Waals surface area contributed by atoms with E-state index in [1.807, 2.05) is 6.07 Å². The first kappa shape index (κ1) is 10.9. The molecule has 0 unspecified atom stereocenters. The van der Waals surface area contributed by atoms with Gasteiger partial charge in [-0.2, -0.15) is 0 Å². The Kier molecular flexibility index (Phi) is 2.34. The van der Waals surface area contributed by atoms with Gasteiger partial charge in [-0.25, -0.2) is 4.98 Å². The van der Waals surface area contributed by atoms with Gasteiger partial charge in [-0.05, 0) is 23.1 Å². The van der Waals surface area contributed by atoms with E-state index in [1.165, 1.54) is 11.8 Å². The number of aryl methyl sites for hydroxylation is 1. The lowest BCUT2D eigenvalue weighted by Crippen LogP contribution is -2.17. The minimum absolute atomic E-state index is 0.0731. The summed E-state index contributed by atoms with van der Waals surface area (Å²) in [5.41, 5.74) is 3.00. The first-order chi connectivity index (χ1) is 7.39.